The molecule has 5 nitrogen and oxygen atoms in total. The van der Waals surface area contributed by atoms with Gasteiger partial charge in [-0.25, -0.2) is 17.9 Å². The summed E-state index contributed by atoms with van der Waals surface area (Å²) in [5.74, 6) is -6.15. The smallest absolute Gasteiger partial charge is 0.355 e. The molecule has 0 aromatic heterocycles. The van der Waals surface area contributed by atoms with Gasteiger partial charge in [0.05, 0.1) is 10.5 Å². The normalized spacial score (nSPS) is 13.7. The average molecular weight is 289 g/mol. The molecular weight excluding hydrogens is 282 g/mol. The summed E-state index contributed by atoms with van der Waals surface area (Å²) in [7, 11) is -4.40. The Bertz CT molecular complexity index is 567. The SMILES string of the molecule is NS(=O)(=O)c1ccc(F)c(C(O)(O)C(F)(F)F)c1. The van der Waals surface area contributed by atoms with E-state index in [0.29, 0.717) is 12.1 Å². The Balaban J connectivity index is 3.52. The van der Waals surface area contributed by atoms with Crippen molar-refractivity contribution in [1.29, 1.82) is 0 Å². The maximum Gasteiger partial charge on any atom is 0.447 e. The molecular formula is C8H7F4NO4S. The number of aliphatic hydroxyl groups is 2. The number of sulfonamides is 1. The maximum atomic E-state index is 13.1. The predicted molar refractivity (Wildman–Crippen MR) is 49.9 cm³/mol. The lowest BCUT2D eigenvalue weighted by atomic mass is 10.1. The van der Waals surface area contributed by atoms with E-state index in [1.807, 2.05) is 0 Å². The first-order valence-corrected chi connectivity index (χ1v) is 5.76. The van der Waals surface area contributed by atoms with Crippen molar-refractivity contribution >= 4 is 10.0 Å². The van der Waals surface area contributed by atoms with Gasteiger partial charge < -0.3 is 10.2 Å². The summed E-state index contributed by atoms with van der Waals surface area (Å²) in [5.41, 5.74) is -1.65. The zero-order valence-corrected chi connectivity index (χ0v) is 9.26. The molecule has 1 aromatic carbocycles. The van der Waals surface area contributed by atoms with Crippen LogP contribution >= 0.6 is 0 Å². The monoisotopic (exact) mass is 289 g/mol. The lowest BCUT2D eigenvalue weighted by Crippen LogP contribution is -2.43. The number of alkyl halides is 3. The Morgan fingerprint density at radius 2 is 1.67 bits per heavy atom. The number of hydrogen-bond donors (Lipinski definition) is 3. The molecule has 0 radical (unpaired) electrons. The fourth-order valence-corrected chi connectivity index (χ4v) is 1.64. The van der Waals surface area contributed by atoms with Crippen LogP contribution in [0.25, 0.3) is 0 Å². The molecule has 1 aromatic rings. The van der Waals surface area contributed by atoms with Crippen molar-refractivity contribution in [3.05, 3.63) is 29.6 Å². The molecule has 0 bridgehead atoms. The highest BCUT2D eigenvalue weighted by atomic mass is 32.2. The van der Waals surface area contributed by atoms with Gasteiger partial charge in [-0.05, 0) is 18.2 Å². The average Bonchev–Trinajstić information content (AvgIpc) is 2.14. The summed E-state index contributed by atoms with van der Waals surface area (Å²) in [6.07, 6.45) is -5.61. The Labute approximate surface area is 98.5 Å². The molecule has 0 fully saturated rings. The highest BCUT2D eigenvalue weighted by Crippen LogP contribution is 2.38. The molecule has 0 saturated carbocycles. The molecule has 0 atom stereocenters. The van der Waals surface area contributed by atoms with Gasteiger partial charge in [0.15, 0.2) is 0 Å². The summed E-state index contributed by atoms with van der Waals surface area (Å²) in [5, 5.41) is 22.3. The highest BCUT2D eigenvalue weighted by Gasteiger charge is 2.55. The van der Waals surface area contributed by atoms with Gasteiger partial charge in [-0.1, -0.05) is 0 Å². The molecule has 102 valence electrons. The molecule has 0 aliphatic carbocycles. The standard InChI is InChI=1S/C8H7F4NO4S/c9-6-2-1-4(18(13,16)17)3-5(6)7(14,15)8(10,11)12/h1-3,14-15H,(H2,13,16,17). The minimum Gasteiger partial charge on any atom is -0.355 e. The summed E-state index contributed by atoms with van der Waals surface area (Å²) in [4.78, 5) is -0.879. The minimum absolute atomic E-state index is 0.109. The van der Waals surface area contributed by atoms with Crippen LogP contribution in [0.15, 0.2) is 23.1 Å². The van der Waals surface area contributed by atoms with Crippen LogP contribution in [0.4, 0.5) is 17.6 Å². The fourth-order valence-electron chi connectivity index (χ4n) is 1.10. The fraction of sp³-hybridized carbons (Fsp3) is 0.250. The quantitative estimate of drug-likeness (QED) is 0.534. The van der Waals surface area contributed by atoms with E-state index in [9.17, 15) is 26.0 Å². The van der Waals surface area contributed by atoms with Crippen molar-refractivity contribution in [1.82, 2.24) is 0 Å². The van der Waals surface area contributed by atoms with Gasteiger partial charge >= 0.3 is 6.18 Å². The first-order valence-electron chi connectivity index (χ1n) is 4.21. The van der Waals surface area contributed by atoms with Gasteiger partial charge in [-0.3, -0.25) is 0 Å². The molecule has 1 rings (SSSR count). The van der Waals surface area contributed by atoms with Crippen LogP contribution in [0.3, 0.4) is 0 Å². The number of hydrogen-bond acceptors (Lipinski definition) is 4. The van der Waals surface area contributed by atoms with E-state index in [-0.39, 0.29) is 6.07 Å². The first kappa shape index (κ1) is 14.8. The molecule has 0 unspecified atom stereocenters. The first-order chi connectivity index (χ1) is 7.87. The lowest BCUT2D eigenvalue weighted by molar-refractivity contribution is -0.359. The van der Waals surface area contributed by atoms with E-state index >= 15 is 0 Å². The second-order valence-electron chi connectivity index (χ2n) is 3.36. The van der Waals surface area contributed by atoms with Crippen molar-refractivity contribution in [3.63, 3.8) is 0 Å². The van der Waals surface area contributed by atoms with Gasteiger partial charge in [0.1, 0.15) is 5.82 Å². The summed E-state index contributed by atoms with van der Waals surface area (Å²) >= 11 is 0. The van der Waals surface area contributed by atoms with Gasteiger partial charge in [0.2, 0.25) is 10.0 Å². The molecule has 0 amide bonds. The molecule has 0 saturated heterocycles. The van der Waals surface area contributed by atoms with Gasteiger partial charge in [-0.2, -0.15) is 13.2 Å². The van der Waals surface area contributed by atoms with Gasteiger partial charge in [0, 0.05) is 0 Å². The number of nitrogens with two attached hydrogens (primary N) is 1. The van der Waals surface area contributed by atoms with Crippen LogP contribution in [0.1, 0.15) is 5.56 Å². The topological polar surface area (TPSA) is 101 Å². The Morgan fingerprint density at radius 3 is 2.06 bits per heavy atom. The lowest BCUT2D eigenvalue weighted by Gasteiger charge is -2.25. The molecule has 0 heterocycles. The summed E-state index contributed by atoms with van der Waals surface area (Å²) in [6.45, 7) is 0. The number of halogens is 4. The molecule has 0 aliphatic heterocycles. The van der Waals surface area contributed by atoms with Crippen LogP contribution in [0.2, 0.25) is 0 Å². The maximum absolute atomic E-state index is 13.1. The Hall–Kier alpha value is -1.23. The zero-order chi connectivity index (χ0) is 14.4. The van der Waals surface area contributed by atoms with Crippen molar-refractivity contribution in [3.8, 4) is 0 Å². The van der Waals surface area contributed by atoms with E-state index in [4.69, 9.17) is 10.2 Å². The van der Waals surface area contributed by atoms with Gasteiger partial charge in [-0.15, -0.1) is 0 Å². The van der Waals surface area contributed by atoms with Crippen LogP contribution < -0.4 is 5.14 Å². The zero-order valence-electron chi connectivity index (χ0n) is 8.44. The van der Waals surface area contributed by atoms with Crippen molar-refractivity contribution in [2.24, 2.45) is 5.14 Å². The van der Waals surface area contributed by atoms with Crippen molar-refractivity contribution < 1.29 is 36.2 Å². The molecule has 10 heteroatoms. The third-order valence-corrected chi connectivity index (χ3v) is 2.95. The number of benzene rings is 1. The third kappa shape index (κ3) is 2.61. The van der Waals surface area contributed by atoms with Gasteiger partial charge in [0.25, 0.3) is 5.79 Å². The minimum atomic E-state index is -5.61. The van der Waals surface area contributed by atoms with E-state index in [0.717, 1.165) is 0 Å². The molecule has 4 N–H and O–H groups in total. The number of primary sulfonamides is 1. The van der Waals surface area contributed by atoms with E-state index in [2.05, 4.69) is 5.14 Å². The molecule has 18 heavy (non-hydrogen) atoms. The van der Waals surface area contributed by atoms with E-state index in [1.165, 1.54) is 0 Å². The summed E-state index contributed by atoms with van der Waals surface area (Å²) < 4.78 is 71.7. The van der Waals surface area contributed by atoms with Crippen molar-refractivity contribution in [2.75, 3.05) is 0 Å². The van der Waals surface area contributed by atoms with E-state index in [1.54, 1.807) is 0 Å². The second kappa shape index (κ2) is 4.16. The Kier molecular flexibility index (Phi) is 3.42. The summed E-state index contributed by atoms with van der Waals surface area (Å²) in [6, 6.07) is 1.04. The predicted octanol–water partition coefficient (Wildman–Crippen LogP) is 0.173. The number of rotatable bonds is 2. The van der Waals surface area contributed by atoms with Crippen LogP contribution in [0.5, 0.6) is 0 Å². The third-order valence-electron chi connectivity index (χ3n) is 2.04. The molecule has 0 spiro atoms. The highest BCUT2D eigenvalue weighted by molar-refractivity contribution is 7.89. The molecule has 0 aliphatic rings. The van der Waals surface area contributed by atoms with E-state index < -0.39 is 38.3 Å². The van der Waals surface area contributed by atoms with Crippen molar-refractivity contribution in [2.45, 2.75) is 16.9 Å². The van der Waals surface area contributed by atoms with Crippen LogP contribution in [0, 0.1) is 5.82 Å². The van der Waals surface area contributed by atoms with Crippen LogP contribution in [-0.2, 0) is 15.8 Å². The van der Waals surface area contributed by atoms with Crippen LogP contribution in [-0.4, -0.2) is 24.8 Å². The Morgan fingerprint density at radius 1 is 1.17 bits per heavy atom. The second-order valence-corrected chi connectivity index (χ2v) is 4.92. The largest absolute Gasteiger partial charge is 0.447 e.